The Morgan fingerprint density at radius 1 is 1.19 bits per heavy atom. The van der Waals surface area contributed by atoms with Crippen molar-refractivity contribution in [2.24, 2.45) is 5.41 Å². The van der Waals surface area contributed by atoms with Gasteiger partial charge in [-0.15, -0.1) is 0 Å². The molecule has 88 valence electrons. The van der Waals surface area contributed by atoms with E-state index in [0.717, 1.165) is 16.8 Å². The lowest BCUT2D eigenvalue weighted by Gasteiger charge is -2.19. The van der Waals surface area contributed by atoms with Gasteiger partial charge in [-0.2, -0.15) is 0 Å². The quantitative estimate of drug-likeness (QED) is 0.715. The van der Waals surface area contributed by atoms with Gasteiger partial charge in [0.05, 0.1) is 0 Å². The molecule has 0 heterocycles. The molecule has 0 unspecified atom stereocenters. The molecule has 1 amide bonds. The smallest absolute Gasteiger partial charge is 0.229 e. The number of anilines is 2. The number of nitrogens with one attached hydrogen (secondary N) is 1. The van der Waals surface area contributed by atoms with Gasteiger partial charge in [0.1, 0.15) is 0 Å². The van der Waals surface area contributed by atoms with Crippen molar-refractivity contribution in [1.29, 1.82) is 0 Å². The van der Waals surface area contributed by atoms with E-state index in [1.165, 1.54) is 0 Å². The summed E-state index contributed by atoms with van der Waals surface area (Å²) >= 11 is 0. The summed E-state index contributed by atoms with van der Waals surface area (Å²) in [7, 11) is 0. The predicted octanol–water partition coefficient (Wildman–Crippen LogP) is 2.87. The van der Waals surface area contributed by atoms with Crippen LogP contribution in [0.2, 0.25) is 0 Å². The standard InChI is InChI=1S/C13H20N2O/c1-8-6-9(2)11(7-10(8)14)15-12(16)13(3,4)5/h6-7H,14H2,1-5H3,(H,15,16). The van der Waals surface area contributed by atoms with Crippen LogP contribution in [-0.4, -0.2) is 5.91 Å². The molecule has 0 aliphatic heterocycles. The number of nitrogens with two attached hydrogens (primary N) is 1. The van der Waals surface area contributed by atoms with Crippen molar-refractivity contribution in [2.45, 2.75) is 34.6 Å². The first-order chi connectivity index (χ1) is 7.21. The molecule has 16 heavy (non-hydrogen) atoms. The van der Waals surface area contributed by atoms with Crippen molar-refractivity contribution in [3.63, 3.8) is 0 Å². The molecule has 3 nitrogen and oxygen atoms in total. The summed E-state index contributed by atoms with van der Waals surface area (Å²) in [6, 6.07) is 3.79. The molecule has 0 spiro atoms. The van der Waals surface area contributed by atoms with Crippen molar-refractivity contribution in [3.05, 3.63) is 23.3 Å². The molecule has 0 fully saturated rings. The topological polar surface area (TPSA) is 55.1 Å². The molecule has 0 atom stereocenters. The normalized spacial score (nSPS) is 11.3. The van der Waals surface area contributed by atoms with E-state index < -0.39 is 5.41 Å². The van der Waals surface area contributed by atoms with E-state index in [1.807, 2.05) is 46.8 Å². The predicted molar refractivity (Wildman–Crippen MR) is 68.4 cm³/mol. The van der Waals surface area contributed by atoms with Crippen LogP contribution in [0.15, 0.2) is 12.1 Å². The summed E-state index contributed by atoms with van der Waals surface area (Å²) < 4.78 is 0. The summed E-state index contributed by atoms with van der Waals surface area (Å²) in [4.78, 5) is 11.8. The maximum atomic E-state index is 11.8. The van der Waals surface area contributed by atoms with Crippen LogP contribution < -0.4 is 11.1 Å². The molecule has 0 aliphatic rings. The van der Waals surface area contributed by atoms with Gasteiger partial charge in [0, 0.05) is 16.8 Å². The second kappa shape index (κ2) is 4.16. The summed E-state index contributed by atoms with van der Waals surface area (Å²) in [5.74, 6) is -0.00106. The van der Waals surface area contributed by atoms with Crippen LogP contribution in [0.3, 0.4) is 0 Å². The van der Waals surface area contributed by atoms with Gasteiger partial charge in [-0.1, -0.05) is 26.8 Å². The zero-order chi connectivity index (χ0) is 12.5. The SMILES string of the molecule is Cc1cc(C)c(NC(=O)C(C)(C)C)cc1N. The number of nitrogen functional groups attached to an aromatic ring is 1. The zero-order valence-corrected chi connectivity index (χ0v) is 10.6. The van der Waals surface area contributed by atoms with E-state index in [9.17, 15) is 4.79 Å². The Hall–Kier alpha value is -1.51. The van der Waals surface area contributed by atoms with Crippen molar-refractivity contribution >= 4 is 17.3 Å². The van der Waals surface area contributed by atoms with Crippen LogP contribution in [0.25, 0.3) is 0 Å². The average molecular weight is 220 g/mol. The molecule has 1 aromatic rings. The molecular formula is C13H20N2O. The Labute approximate surface area is 97.0 Å². The van der Waals surface area contributed by atoms with Crippen LogP contribution in [0.1, 0.15) is 31.9 Å². The van der Waals surface area contributed by atoms with Gasteiger partial charge in [-0.3, -0.25) is 4.79 Å². The fourth-order valence-corrected chi connectivity index (χ4v) is 1.31. The largest absolute Gasteiger partial charge is 0.398 e. The Balaban J connectivity index is 2.99. The Morgan fingerprint density at radius 3 is 2.25 bits per heavy atom. The highest BCUT2D eigenvalue weighted by Crippen LogP contribution is 2.24. The van der Waals surface area contributed by atoms with E-state index in [1.54, 1.807) is 0 Å². The minimum atomic E-state index is -0.397. The third kappa shape index (κ3) is 2.75. The molecule has 0 saturated carbocycles. The Morgan fingerprint density at radius 2 is 1.75 bits per heavy atom. The van der Waals surface area contributed by atoms with Gasteiger partial charge in [-0.25, -0.2) is 0 Å². The monoisotopic (exact) mass is 220 g/mol. The molecule has 0 aromatic heterocycles. The number of hydrogen-bond donors (Lipinski definition) is 2. The van der Waals surface area contributed by atoms with Crippen molar-refractivity contribution < 1.29 is 4.79 Å². The van der Waals surface area contributed by atoms with Crippen LogP contribution >= 0.6 is 0 Å². The fourth-order valence-electron chi connectivity index (χ4n) is 1.31. The highest BCUT2D eigenvalue weighted by Gasteiger charge is 2.21. The molecular weight excluding hydrogens is 200 g/mol. The molecule has 0 bridgehead atoms. The number of carbonyl (C=O) groups excluding carboxylic acids is 1. The maximum absolute atomic E-state index is 11.8. The van der Waals surface area contributed by atoms with Gasteiger partial charge in [0.15, 0.2) is 0 Å². The second-order valence-corrected chi connectivity index (χ2v) is 5.23. The van der Waals surface area contributed by atoms with Crippen LogP contribution in [0.4, 0.5) is 11.4 Å². The molecule has 1 rings (SSSR count). The molecule has 3 heteroatoms. The molecule has 1 aromatic carbocycles. The van der Waals surface area contributed by atoms with Gasteiger partial charge in [0.25, 0.3) is 0 Å². The van der Waals surface area contributed by atoms with Crippen LogP contribution in [0, 0.1) is 19.3 Å². The first-order valence-electron chi connectivity index (χ1n) is 5.40. The van der Waals surface area contributed by atoms with Gasteiger partial charge in [-0.05, 0) is 31.0 Å². The van der Waals surface area contributed by atoms with E-state index in [2.05, 4.69) is 5.32 Å². The van der Waals surface area contributed by atoms with Gasteiger partial charge < -0.3 is 11.1 Å². The average Bonchev–Trinajstić information content (AvgIpc) is 2.12. The van der Waals surface area contributed by atoms with Gasteiger partial charge >= 0.3 is 0 Å². The number of rotatable bonds is 1. The minimum absolute atomic E-state index is 0.00106. The minimum Gasteiger partial charge on any atom is -0.398 e. The Kier molecular flexibility index (Phi) is 3.27. The lowest BCUT2D eigenvalue weighted by Crippen LogP contribution is -2.28. The summed E-state index contributed by atoms with van der Waals surface area (Å²) in [6.45, 7) is 9.57. The third-order valence-electron chi connectivity index (χ3n) is 2.54. The van der Waals surface area contributed by atoms with Crippen LogP contribution in [-0.2, 0) is 4.79 Å². The summed E-state index contributed by atoms with van der Waals surface area (Å²) in [6.07, 6.45) is 0. The van der Waals surface area contributed by atoms with E-state index in [4.69, 9.17) is 5.73 Å². The first kappa shape index (κ1) is 12.6. The second-order valence-electron chi connectivity index (χ2n) is 5.23. The highest BCUT2D eigenvalue weighted by molar-refractivity contribution is 5.95. The fraction of sp³-hybridized carbons (Fsp3) is 0.462. The van der Waals surface area contributed by atoms with Crippen LogP contribution in [0.5, 0.6) is 0 Å². The van der Waals surface area contributed by atoms with E-state index in [0.29, 0.717) is 5.69 Å². The summed E-state index contributed by atoms with van der Waals surface area (Å²) in [5, 5.41) is 2.90. The number of hydrogen-bond acceptors (Lipinski definition) is 2. The molecule has 3 N–H and O–H groups in total. The number of amides is 1. The molecule has 0 saturated heterocycles. The van der Waals surface area contributed by atoms with E-state index in [-0.39, 0.29) is 5.91 Å². The first-order valence-corrected chi connectivity index (χ1v) is 5.40. The van der Waals surface area contributed by atoms with E-state index >= 15 is 0 Å². The molecule has 0 aliphatic carbocycles. The molecule has 0 radical (unpaired) electrons. The van der Waals surface area contributed by atoms with Crippen molar-refractivity contribution in [1.82, 2.24) is 0 Å². The lowest BCUT2D eigenvalue weighted by molar-refractivity contribution is -0.123. The third-order valence-corrected chi connectivity index (χ3v) is 2.54. The highest BCUT2D eigenvalue weighted by atomic mass is 16.2. The number of carbonyl (C=O) groups is 1. The summed E-state index contributed by atoms with van der Waals surface area (Å²) in [5.41, 5.74) is 8.99. The Bertz CT molecular complexity index is 417. The van der Waals surface area contributed by atoms with Gasteiger partial charge in [0.2, 0.25) is 5.91 Å². The lowest BCUT2D eigenvalue weighted by atomic mass is 9.95. The van der Waals surface area contributed by atoms with Crippen molar-refractivity contribution in [3.8, 4) is 0 Å². The van der Waals surface area contributed by atoms with Crippen molar-refractivity contribution in [2.75, 3.05) is 11.1 Å². The number of benzene rings is 1. The number of aryl methyl sites for hydroxylation is 2. The maximum Gasteiger partial charge on any atom is 0.229 e. The zero-order valence-electron chi connectivity index (χ0n) is 10.6.